The molecule has 138 valence electrons. The number of nitrogens with one attached hydrogen (secondary N) is 1. The van der Waals surface area contributed by atoms with E-state index in [1.54, 1.807) is 29.3 Å². The Morgan fingerprint density at radius 3 is 2.84 bits per heavy atom. The summed E-state index contributed by atoms with van der Waals surface area (Å²) in [5, 5.41) is 8.85. The van der Waals surface area contributed by atoms with Crippen LogP contribution in [0.15, 0.2) is 12.3 Å². The standard InChI is InChI=1S/C16H26N6O2S/c1-12-15-14(8-9-17-16(15)21(4)19-12)18-11-13-7-5-6-10-22(13)25(23,24)20(2)3/h8-9,13H,5-7,10-11H2,1-4H3,(H,17,18). The van der Waals surface area contributed by atoms with Crippen molar-refractivity contribution in [2.75, 3.05) is 32.5 Å². The van der Waals surface area contributed by atoms with E-state index in [1.807, 2.05) is 20.0 Å². The minimum Gasteiger partial charge on any atom is -0.383 e. The van der Waals surface area contributed by atoms with Crippen molar-refractivity contribution in [1.29, 1.82) is 0 Å². The van der Waals surface area contributed by atoms with Crippen LogP contribution in [0.3, 0.4) is 0 Å². The molecule has 0 radical (unpaired) electrons. The Morgan fingerprint density at radius 1 is 1.36 bits per heavy atom. The summed E-state index contributed by atoms with van der Waals surface area (Å²) in [4.78, 5) is 4.38. The van der Waals surface area contributed by atoms with E-state index in [0.29, 0.717) is 13.1 Å². The summed E-state index contributed by atoms with van der Waals surface area (Å²) in [5.74, 6) is 0. The smallest absolute Gasteiger partial charge is 0.281 e. The molecule has 1 unspecified atom stereocenters. The van der Waals surface area contributed by atoms with Gasteiger partial charge in [0.05, 0.1) is 11.1 Å². The van der Waals surface area contributed by atoms with Crippen LogP contribution in [-0.2, 0) is 17.3 Å². The molecule has 2 aromatic rings. The second-order valence-electron chi connectivity index (χ2n) is 6.70. The number of hydrogen-bond donors (Lipinski definition) is 1. The summed E-state index contributed by atoms with van der Waals surface area (Å²) in [5.41, 5.74) is 2.68. The van der Waals surface area contributed by atoms with Gasteiger partial charge in [-0.1, -0.05) is 6.42 Å². The monoisotopic (exact) mass is 366 g/mol. The van der Waals surface area contributed by atoms with Crippen molar-refractivity contribution in [1.82, 2.24) is 23.4 Å². The maximum atomic E-state index is 12.6. The third-order valence-corrected chi connectivity index (χ3v) is 6.75. The molecule has 0 aliphatic carbocycles. The predicted molar refractivity (Wildman–Crippen MR) is 98.7 cm³/mol. The maximum absolute atomic E-state index is 12.6. The van der Waals surface area contributed by atoms with Crippen molar-refractivity contribution in [2.45, 2.75) is 32.2 Å². The highest BCUT2D eigenvalue weighted by molar-refractivity contribution is 7.86. The molecule has 1 aliphatic rings. The molecule has 1 atom stereocenters. The SMILES string of the molecule is Cc1nn(C)c2nccc(NCC3CCCCN3S(=O)(=O)N(C)C)c12. The minimum atomic E-state index is -3.40. The molecular formula is C16H26N6O2S. The van der Waals surface area contributed by atoms with Gasteiger partial charge < -0.3 is 5.32 Å². The van der Waals surface area contributed by atoms with Gasteiger partial charge in [-0.05, 0) is 25.8 Å². The van der Waals surface area contributed by atoms with Crippen LogP contribution in [-0.4, -0.2) is 65.0 Å². The van der Waals surface area contributed by atoms with Gasteiger partial charge in [-0.15, -0.1) is 0 Å². The number of aryl methyl sites for hydroxylation is 2. The molecule has 8 nitrogen and oxygen atoms in total. The van der Waals surface area contributed by atoms with Gasteiger partial charge >= 0.3 is 0 Å². The summed E-state index contributed by atoms with van der Waals surface area (Å²) >= 11 is 0. The van der Waals surface area contributed by atoms with E-state index < -0.39 is 10.2 Å². The number of pyridine rings is 1. The van der Waals surface area contributed by atoms with E-state index in [1.165, 1.54) is 4.31 Å². The van der Waals surface area contributed by atoms with Gasteiger partial charge in [-0.3, -0.25) is 4.68 Å². The van der Waals surface area contributed by atoms with Crippen LogP contribution >= 0.6 is 0 Å². The highest BCUT2D eigenvalue weighted by atomic mass is 32.2. The Balaban J connectivity index is 1.83. The zero-order chi connectivity index (χ0) is 18.2. The van der Waals surface area contributed by atoms with Crippen LogP contribution in [0.5, 0.6) is 0 Å². The fourth-order valence-corrected chi connectivity index (χ4v) is 4.78. The first-order chi connectivity index (χ1) is 11.8. The summed E-state index contributed by atoms with van der Waals surface area (Å²) < 4.78 is 29.8. The molecule has 0 saturated carbocycles. The molecule has 1 aliphatic heterocycles. The van der Waals surface area contributed by atoms with E-state index in [-0.39, 0.29) is 6.04 Å². The lowest BCUT2D eigenvalue weighted by Crippen LogP contribution is -2.51. The van der Waals surface area contributed by atoms with Crippen LogP contribution in [0, 0.1) is 6.92 Å². The van der Waals surface area contributed by atoms with E-state index in [9.17, 15) is 8.42 Å². The molecule has 2 aromatic heterocycles. The van der Waals surface area contributed by atoms with Crippen molar-refractivity contribution in [3.8, 4) is 0 Å². The Bertz CT molecular complexity index is 861. The highest BCUT2D eigenvalue weighted by Gasteiger charge is 2.33. The molecule has 1 fully saturated rings. The number of nitrogens with zero attached hydrogens (tertiary/aromatic N) is 5. The van der Waals surface area contributed by atoms with Gasteiger partial charge in [-0.2, -0.15) is 22.1 Å². The average Bonchev–Trinajstić information content (AvgIpc) is 2.88. The third kappa shape index (κ3) is 3.36. The number of anilines is 1. The molecule has 3 rings (SSSR count). The number of piperidine rings is 1. The topological polar surface area (TPSA) is 83.4 Å². The highest BCUT2D eigenvalue weighted by Crippen LogP contribution is 2.26. The maximum Gasteiger partial charge on any atom is 0.281 e. The summed E-state index contributed by atoms with van der Waals surface area (Å²) in [6, 6.07) is 1.87. The van der Waals surface area contributed by atoms with Crippen molar-refractivity contribution >= 4 is 26.9 Å². The third-order valence-electron chi connectivity index (χ3n) is 4.76. The van der Waals surface area contributed by atoms with E-state index >= 15 is 0 Å². The summed E-state index contributed by atoms with van der Waals surface area (Å²) in [6.45, 7) is 3.10. The Morgan fingerprint density at radius 2 is 2.12 bits per heavy atom. The number of aromatic nitrogens is 3. The molecule has 0 spiro atoms. The van der Waals surface area contributed by atoms with Gasteiger partial charge in [0, 0.05) is 52.2 Å². The van der Waals surface area contributed by atoms with Gasteiger partial charge in [0.2, 0.25) is 0 Å². The zero-order valence-electron chi connectivity index (χ0n) is 15.2. The van der Waals surface area contributed by atoms with E-state index in [0.717, 1.165) is 41.7 Å². The van der Waals surface area contributed by atoms with E-state index in [2.05, 4.69) is 15.4 Å². The first kappa shape index (κ1) is 18.1. The Labute approximate surface area is 149 Å². The molecule has 9 heteroatoms. The first-order valence-corrected chi connectivity index (χ1v) is 9.93. The van der Waals surface area contributed by atoms with Crippen LogP contribution < -0.4 is 5.32 Å². The quantitative estimate of drug-likeness (QED) is 0.864. The van der Waals surface area contributed by atoms with Crippen LogP contribution in [0.2, 0.25) is 0 Å². The van der Waals surface area contributed by atoms with Crippen LogP contribution in [0.25, 0.3) is 11.0 Å². The van der Waals surface area contributed by atoms with Gasteiger partial charge in [0.1, 0.15) is 0 Å². The molecule has 1 saturated heterocycles. The average molecular weight is 366 g/mol. The molecule has 0 aromatic carbocycles. The number of hydrogen-bond acceptors (Lipinski definition) is 5. The Kier molecular flexibility index (Phi) is 4.99. The molecule has 0 amide bonds. The lowest BCUT2D eigenvalue weighted by atomic mass is 10.0. The van der Waals surface area contributed by atoms with Gasteiger partial charge in [0.15, 0.2) is 5.65 Å². The van der Waals surface area contributed by atoms with Gasteiger partial charge in [-0.25, -0.2) is 4.98 Å². The molecular weight excluding hydrogens is 340 g/mol. The second kappa shape index (κ2) is 6.89. The normalized spacial score (nSPS) is 19.6. The fourth-order valence-electron chi connectivity index (χ4n) is 3.44. The summed E-state index contributed by atoms with van der Waals surface area (Å²) in [6.07, 6.45) is 4.57. The largest absolute Gasteiger partial charge is 0.383 e. The van der Waals surface area contributed by atoms with Crippen molar-refractivity contribution in [3.63, 3.8) is 0 Å². The minimum absolute atomic E-state index is 0.0543. The molecule has 1 N–H and O–H groups in total. The van der Waals surface area contributed by atoms with Crippen LogP contribution in [0.1, 0.15) is 25.0 Å². The number of rotatable bonds is 5. The molecule has 3 heterocycles. The summed E-state index contributed by atoms with van der Waals surface area (Å²) in [7, 11) is 1.64. The predicted octanol–water partition coefficient (Wildman–Crippen LogP) is 1.35. The fraction of sp³-hybridized carbons (Fsp3) is 0.625. The van der Waals surface area contributed by atoms with Crippen molar-refractivity contribution in [3.05, 3.63) is 18.0 Å². The lowest BCUT2D eigenvalue weighted by Gasteiger charge is -2.36. The van der Waals surface area contributed by atoms with Crippen molar-refractivity contribution in [2.24, 2.45) is 7.05 Å². The van der Waals surface area contributed by atoms with E-state index in [4.69, 9.17) is 0 Å². The Hall–Kier alpha value is -1.71. The first-order valence-electron chi connectivity index (χ1n) is 8.54. The molecule has 0 bridgehead atoms. The van der Waals surface area contributed by atoms with Crippen LogP contribution in [0.4, 0.5) is 5.69 Å². The lowest BCUT2D eigenvalue weighted by molar-refractivity contribution is 0.248. The van der Waals surface area contributed by atoms with Crippen molar-refractivity contribution < 1.29 is 8.42 Å². The second-order valence-corrected chi connectivity index (χ2v) is 8.79. The molecule has 25 heavy (non-hydrogen) atoms. The van der Waals surface area contributed by atoms with Gasteiger partial charge in [0.25, 0.3) is 10.2 Å². The zero-order valence-corrected chi connectivity index (χ0v) is 16.0. The number of fused-ring (bicyclic) bond motifs is 1.